The van der Waals surface area contributed by atoms with E-state index in [2.05, 4.69) is 97.3 Å². The summed E-state index contributed by atoms with van der Waals surface area (Å²) in [4.78, 5) is 23.6. The maximum Gasteiger partial charge on any atom is 0.239 e. The quantitative estimate of drug-likeness (QED) is 0.0279. The third-order valence-corrected chi connectivity index (χ3v) is 15.6. The highest BCUT2D eigenvalue weighted by Crippen LogP contribution is 2.62. The molecule has 2 N–H and O–H groups in total. The van der Waals surface area contributed by atoms with Crippen LogP contribution in [0.5, 0.6) is 17.2 Å². The van der Waals surface area contributed by atoms with Crippen LogP contribution >= 0.6 is 0 Å². The molecule has 0 radical (unpaired) electrons. The van der Waals surface area contributed by atoms with E-state index in [9.17, 15) is 10.2 Å². The molecule has 5 aromatic carbocycles. The van der Waals surface area contributed by atoms with Crippen molar-refractivity contribution in [1.82, 2.24) is 4.90 Å². The highest BCUT2D eigenvalue weighted by Gasteiger charge is 2.65. The number of ether oxygens (including phenoxy) is 3. The summed E-state index contributed by atoms with van der Waals surface area (Å²) in [5.74, 6) is 0.446. The second-order valence-electron chi connectivity index (χ2n) is 20.4. The van der Waals surface area contributed by atoms with Crippen LogP contribution in [0.3, 0.4) is 0 Å². The van der Waals surface area contributed by atoms with Gasteiger partial charge in [0.25, 0.3) is 0 Å². The molecule has 3 aliphatic rings. The van der Waals surface area contributed by atoms with Crippen LogP contribution in [0.1, 0.15) is 140 Å². The summed E-state index contributed by atoms with van der Waals surface area (Å²) in [5, 5.41) is 27.4. The van der Waals surface area contributed by atoms with Gasteiger partial charge in [-0.1, -0.05) is 173 Å². The number of aliphatic hydroxyl groups excluding tert-OH is 2. The van der Waals surface area contributed by atoms with E-state index < -0.39 is 17.7 Å². The fourth-order valence-corrected chi connectivity index (χ4v) is 12.1. The fourth-order valence-electron chi connectivity index (χ4n) is 12.1. The molecule has 6 atom stereocenters. The summed E-state index contributed by atoms with van der Waals surface area (Å²) >= 11 is 0. The topological polar surface area (TPSA) is 110 Å². The number of aliphatic hydroxyl groups is 2. The largest absolute Gasteiger partial charge is 0.459 e. The average molecular weight is 989 g/mol. The summed E-state index contributed by atoms with van der Waals surface area (Å²) in [6.07, 6.45) is 20.2. The Morgan fingerprint density at radius 3 is 2.19 bits per heavy atom. The number of hydrogen-bond donors (Lipinski definition) is 2. The lowest BCUT2D eigenvalue weighted by atomic mass is 9.55. The monoisotopic (exact) mass is 989 g/mol. The maximum absolute atomic E-state index is 15.5. The third-order valence-electron chi connectivity index (χ3n) is 15.6. The zero-order valence-corrected chi connectivity index (χ0v) is 43.6. The van der Waals surface area contributed by atoms with Gasteiger partial charge in [-0.2, -0.15) is 0 Å². The molecule has 6 unspecified atom stereocenters. The molecule has 0 bridgehead atoms. The normalized spacial score (nSPS) is 21.5. The predicted octanol–water partition coefficient (Wildman–Crippen LogP) is 14.9. The van der Waals surface area contributed by atoms with Crippen LogP contribution in [0.25, 0.3) is 21.9 Å². The first-order valence-electron chi connectivity index (χ1n) is 27.7. The number of allylic oxidation sites excluding steroid dienone is 1. The molecule has 9 heteroatoms. The van der Waals surface area contributed by atoms with E-state index in [0.29, 0.717) is 50.3 Å². The number of hydrogen-bond acceptors (Lipinski definition) is 8. The molecule has 0 spiro atoms. The Kier molecular flexibility index (Phi) is 19.8. The standard InChI is InChI=1S/C64H80N2O7/c1-4-7-8-9-10-11-12-13-17-33-61(69)66(46-51-30-24-29-49-27-18-19-31-54(49)51)60-45-58(65-71-6-3)56-43-50(28-20-22-40-67)55(32-21-23-41-68)62-57-44-53(38-39-59(57)73-64(60,63(56)62)70-42-5-2)72-52-36-34-48(35-37-52)47-25-15-14-16-26-47/h5,14-16,18-19,24-27,29-31,34-39,43-44,50,55,60,62-63,67-68H,2,4,6-13,17,20-23,28,32-33,40-42,45-46H2,1,3H3. The van der Waals surface area contributed by atoms with E-state index >= 15 is 4.79 Å². The van der Waals surface area contributed by atoms with Gasteiger partial charge in [0.05, 0.1) is 18.2 Å². The molecule has 1 saturated carbocycles. The average Bonchev–Trinajstić information content (AvgIpc) is 3.42. The zero-order valence-electron chi connectivity index (χ0n) is 43.6. The van der Waals surface area contributed by atoms with Gasteiger partial charge in [-0.05, 0) is 114 Å². The van der Waals surface area contributed by atoms with Gasteiger partial charge in [0.2, 0.25) is 11.7 Å². The molecule has 2 aliphatic carbocycles. The Labute approximate surface area is 435 Å². The van der Waals surface area contributed by atoms with Crippen LogP contribution in [-0.2, 0) is 20.9 Å². The van der Waals surface area contributed by atoms with Crippen LogP contribution in [0.15, 0.2) is 145 Å². The highest BCUT2D eigenvalue weighted by molar-refractivity contribution is 6.03. The van der Waals surface area contributed by atoms with Gasteiger partial charge in [0, 0.05) is 44.1 Å². The van der Waals surface area contributed by atoms with Gasteiger partial charge >= 0.3 is 0 Å². The molecular formula is C64H80N2O7. The number of rotatable bonds is 29. The molecule has 1 heterocycles. The van der Waals surface area contributed by atoms with E-state index in [-0.39, 0.29) is 43.5 Å². The predicted molar refractivity (Wildman–Crippen MR) is 295 cm³/mol. The van der Waals surface area contributed by atoms with Crippen molar-refractivity contribution in [2.45, 2.75) is 147 Å². The Bertz CT molecular complexity index is 2590. The zero-order chi connectivity index (χ0) is 50.8. The molecule has 1 fully saturated rings. The molecule has 73 heavy (non-hydrogen) atoms. The summed E-state index contributed by atoms with van der Waals surface area (Å²) in [5.41, 5.74) is 6.16. The lowest BCUT2D eigenvalue weighted by Crippen LogP contribution is -2.70. The van der Waals surface area contributed by atoms with Crippen molar-refractivity contribution in [3.63, 3.8) is 0 Å². The number of nitrogens with zero attached hydrogens (tertiary/aromatic N) is 2. The molecule has 1 amide bonds. The number of fused-ring (bicyclic) bond motifs is 3. The van der Waals surface area contributed by atoms with Gasteiger partial charge in [-0.3, -0.25) is 4.79 Å². The first-order valence-corrected chi connectivity index (χ1v) is 27.7. The van der Waals surface area contributed by atoms with Crippen LogP contribution in [0.2, 0.25) is 0 Å². The van der Waals surface area contributed by atoms with Crippen molar-refractivity contribution in [2.24, 2.45) is 22.9 Å². The number of unbranched alkanes of at least 4 members (excludes halogenated alkanes) is 10. The Morgan fingerprint density at radius 2 is 1.45 bits per heavy atom. The first kappa shape index (κ1) is 53.5. The van der Waals surface area contributed by atoms with E-state index in [4.69, 9.17) is 24.2 Å². The van der Waals surface area contributed by atoms with Crippen molar-refractivity contribution in [3.8, 4) is 28.4 Å². The van der Waals surface area contributed by atoms with Gasteiger partial charge in [0.15, 0.2) is 0 Å². The van der Waals surface area contributed by atoms with Crippen LogP contribution < -0.4 is 9.47 Å². The van der Waals surface area contributed by atoms with Crippen LogP contribution in [0.4, 0.5) is 0 Å². The molecule has 1 aliphatic heterocycles. The van der Waals surface area contributed by atoms with Crippen molar-refractivity contribution in [2.75, 3.05) is 26.4 Å². The van der Waals surface area contributed by atoms with Gasteiger partial charge in [0.1, 0.15) is 29.9 Å². The van der Waals surface area contributed by atoms with Crippen molar-refractivity contribution in [1.29, 1.82) is 0 Å². The van der Waals surface area contributed by atoms with Crippen LogP contribution in [0, 0.1) is 17.8 Å². The summed E-state index contributed by atoms with van der Waals surface area (Å²) < 4.78 is 21.7. The SMILES string of the molecule is C=CCOC12Oc3ccc(Oc4ccc(-c5ccccc5)cc4)cc3C3C(CCCCO)C(CCCCO)C=C(C(=NOCC)CC1N(Cc1cccc4ccccc14)C(=O)CCCCCCCCCCC)C32. The molecule has 0 aromatic heterocycles. The molecule has 9 nitrogen and oxygen atoms in total. The number of carbonyl (C=O) groups excluding carboxylic acids is 1. The first-order chi connectivity index (χ1) is 35.9. The van der Waals surface area contributed by atoms with E-state index in [1.165, 1.54) is 38.5 Å². The number of oxime groups is 1. The van der Waals surface area contributed by atoms with Crippen molar-refractivity contribution < 1.29 is 34.1 Å². The molecular weight excluding hydrogens is 909 g/mol. The lowest BCUT2D eigenvalue weighted by molar-refractivity contribution is -0.258. The Balaban J connectivity index is 1.25. The minimum Gasteiger partial charge on any atom is -0.459 e. The summed E-state index contributed by atoms with van der Waals surface area (Å²) in [7, 11) is 0. The molecule has 0 saturated heterocycles. The van der Waals surface area contributed by atoms with Gasteiger partial charge < -0.3 is 34.2 Å². The highest BCUT2D eigenvalue weighted by atomic mass is 16.7. The molecule has 388 valence electrons. The van der Waals surface area contributed by atoms with E-state index in [1.54, 1.807) is 6.08 Å². The van der Waals surface area contributed by atoms with E-state index in [0.717, 1.165) is 95.0 Å². The summed E-state index contributed by atoms with van der Waals surface area (Å²) in [6.45, 7) is 9.55. The van der Waals surface area contributed by atoms with Crippen molar-refractivity contribution in [3.05, 3.63) is 151 Å². The second kappa shape index (κ2) is 27.0. The lowest BCUT2D eigenvalue weighted by Gasteiger charge is -2.60. The third kappa shape index (κ3) is 13.0. The minimum atomic E-state index is -1.36. The van der Waals surface area contributed by atoms with Crippen molar-refractivity contribution >= 4 is 22.4 Å². The smallest absolute Gasteiger partial charge is 0.239 e. The minimum absolute atomic E-state index is 0.0656. The second-order valence-corrected chi connectivity index (χ2v) is 20.4. The Hall–Kier alpha value is -5.74. The maximum atomic E-state index is 15.5. The van der Waals surface area contributed by atoms with Crippen LogP contribution in [-0.4, -0.2) is 65.0 Å². The van der Waals surface area contributed by atoms with Gasteiger partial charge in [-0.25, -0.2) is 0 Å². The van der Waals surface area contributed by atoms with Gasteiger partial charge in [-0.15, -0.1) is 6.58 Å². The number of benzene rings is 5. The number of carbonyl (C=O) groups is 1. The number of amides is 1. The molecule has 5 aromatic rings. The fraction of sp³-hybridized carbons (Fsp3) is 0.469. The summed E-state index contributed by atoms with van der Waals surface area (Å²) in [6, 6.07) is 38.9. The molecule has 8 rings (SSSR count). The van der Waals surface area contributed by atoms with E-state index in [1.807, 2.05) is 49.4 Å². The Morgan fingerprint density at radius 1 is 0.767 bits per heavy atom.